The van der Waals surface area contributed by atoms with Crippen molar-refractivity contribution in [3.63, 3.8) is 0 Å². The molecule has 0 amide bonds. The van der Waals surface area contributed by atoms with Crippen molar-refractivity contribution < 1.29 is 5.11 Å². The molecule has 7 rings (SSSR count). The molecule has 8 heteroatoms. The Kier molecular flexibility index (Phi) is 5.29. The van der Waals surface area contributed by atoms with Crippen LogP contribution in [0.5, 0.6) is 0 Å². The molecule has 0 spiro atoms. The average molecular weight is 480 g/mol. The van der Waals surface area contributed by atoms with Gasteiger partial charge in [-0.1, -0.05) is 24.6 Å². The fourth-order valence-electron chi connectivity index (χ4n) is 5.71. The Morgan fingerprint density at radius 1 is 1.00 bits per heavy atom. The van der Waals surface area contributed by atoms with E-state index >= 15 is 0 Å². The lowest BCUT2D eigenvalue weighted by atomic mass is 9.79. The molecule has 1 aromatic carbocycles. The number of H-pyrrole nitrogens is 1. The highest BCUT2D eigenvalue weighted by molar-refractivity contribution is 6.12. The van der Waals surface area contributed by atoms with Crippen LogP contribution in [0.15, 0.2) is 48.9 Å². The van der Waals surface area contributed by atoms with Crippen LogP contribution in [0.25, 0.3) is 44.2 Å². The van der Waals surface area contributed by atoms with Gasteiger partial charge in [-0.2, -0.15) is 0 Å². The van der Waals surface area contributed by atoms with Gasteiger partial charge in [0.2, 0.25) is 0 Å². The van der Waals surface area contributed by atoms with Crippen LogP contribution in [0.1, 0.15) is 43.6 Å². The number of aromatic amines is 1. The second-order valence-corrected chi connectivity index (χ2v) is 10.1. The molecule has 36 heavy (non-hydrogen) atoms. The number of pyridine rings is 2. The Morgan fingerprint density at radius 3 is 2.81 bits per heavy atom. The zero-order valence-corrected chi connectivity index (χ0v) is 20.0. The molecule has 1 saturated carbocycles. The van der Waals surface area contributed by atoms with Crippen molar-refractivity contribution in [1.29, 1.82) is 0 Å². The molecule has 0 bridgehead atoms. The number of hydrogen-bond acceptors (Lipinski definition) is 7. The lowest BCUT2D eigenvalue weighted by Gasteiger charge is -2.28. The number of aliphatic hydroxyl groups is 1. The van der Waals surface area contributed by atoms with Crippen molar-refractivity contribution in [3.05, 3.63) is 54.5 Å². The number of β-amino-alcohol motifs (C(OH)–C–C–N with tert-alkyl or cyclic N) is 1. The van der Waals surface area contributed by atoms with Crippen molar-refractivity contribution in [3.8, 4) is 11.4 Å². The second kappa shape index (κ2) is 8.80. The molecule has 1 aliphatic carbocycles. The van der Waals surface area contributed by atoms with Crippen LogP contribution >= 0.6 is 0 Å². The lowest BCUT2D eigenvalue weighted by Crippen LogP contribution is -2.26. The van der Waals surface area contributed by atoms with Crippen molar-refractivity contribution in [2.24, 2.45) is 0 Å². The smallest absolute Gasteiger partial charge is 0.163 e. The maximum absolute atomic E-state index is 10.4. The van der Waals surface area contributed by atoms with Gasteiger partial charge in [0.15, 0.2) is 5.82 Å². The van der Waals surface area contributed by atoms with E-state index in [0.29, 0.717) is 24.7 Å². The predicted molar refractivity (Wildman–Crippen MR) is 142 cm³/mol. The van der Waals surface area contributed by atoms with Gasteiger partial charge in [0.25, 0.3) is 0 Å². The molecule has 4 N–H and O–H groups in total. The molecule has 1 saturated heterocycles. The lowest BCUT2D eigenvalue weighted by molar-refractivity contribution is 0.165. The van der Waals surface area contributed by atoms with E-state index in [0.717, 1.165) is 57.2 Å². The Hall–Kier alpha value is -3.62. The highest BCUT2D eigenvalue weighted by Crippen LogP contribution is 2.42. The molecule has 5 heterocycles. The minimum atomic E-state index is -0.378. The molecule has 0 unspecified atom stereocenters. The van der Waals surface area contributed by atoms with E-state index in [9.17, 15) is 5.11 Å². The summed E-state index contributed by atoms with van der Waals surface area (Å²) in [7, 11) is 0. The van der Waals surface area contributed by atoms with Crippen LogP contribution < -0.4 is 10.6 Å². The van der Waals surface area contributed by atoms with E-state index in [1.165, 1.54) is 24.8 Å². The number of nitrogens with zero attached hydrogens (tertiary/aromatic N) is 4. The molecular weight excluding hydrogens is 450 g/mol. The predicted octanol–water partition coefficient (Wildman–Crippen LogP) is 4.51. The average Bonchev–Trinajstić information content (AvgIpc) is 3.12. The second-order valence-electron chi connectivity index (χ2n) is 10.1. The number of aromatic nitrogens is 5. The molecule has 0 radical (unpaired) electrons. The summed E-state index contributed by atoms with van der Waals surface area (Å²) in [6.45, 7) is 1.49. The third kappa shape index (κ3) is 3.68. The number of anilines is 1. The normalized spacial score (nSPS) is 21.0. The summed E-state index contributed by atoms with van der Waals surface area (Å²) < 4.78 is 0. The van der Waals surface area contributed by atoms with Gasteiger partial charge >= 0.3 is 0 Å². The fourth-order valence-corrected chi connectivity index (χ4v) is 5.71. The minimum absolute atomic E-state index is 0.119. The topological polar surface area (TPSA) is 112 Å². The van der Waals surface area contributed by atoms with Gasteiger partial charge in [0, 0.05) is 52.2 Å². The van der Waals surface area contributed by atoms with Crippen molar-refractivity contribution in [2.75, 3.05) is 18.4 Å². The maximum Gasteiger partial charge on any atom is 0.163 e. The van der Waals surface area contributed by atoms with Gasteiger partial charge in [0.05, 0.1) is 17.8 Å². The van der Waals surface area contributed by atoms with Crippen LogP contribution in [0.3, 0.4) is 0 Å². The quantitative estimate of drug-likeness (QED) is 0.300. The van der Waals surface area contributed by atoms with Gasteiger partial charge < -0.3 is 20.7 Å². The molecule has 2 fully saturated rings. The van der Waals surface area contributed by atoms with Gasteiger partial charge in [-0.15, -0.1) is 0 Å². The number of nitrogens with one attached hydrogen (secondary N) is 3. The number of rotatable bonds is 4. The van der Waals surface area contributed by atoms with E-state index in [1.807, 2.05) is 36.8 Å². The van der Waals surface area contributed by atoms with Crippen LogP contribution in [0, 0.1) is 0 Å². The SMILES string of the molecule is O[C@@H]1CNCC[C@H](Nc2nc(-c3ccnc4[nH]c5ccccc5c34)nc3cncc(C4CCC4)c23)C1. The number of hydrogen-bond donors (Lipinski definition) is 4. The third-order valence-electron chi connectivity index (χ3n) is 7.77. The first-order valence-electron chi connectivity index (χ1n) is 12.9. The van der Waals surface area contributed by atoms with Crippen LogP contribution in [-0.4, -0.2) is 55.3 Å². The molecule has 2 atom stereocenters. The number of fused-ring (bicyclic) bond motifs is 4. The van der Waals surface area contributed by atoms with E-state index < -0.39 is 0 Å². The Morgan fingerprint density at radius 2 is 1.92 bits per heavy atom. The summed E-state index contributed by atoms with van der Waals surface area (Å²) in [5.41, 5.74) is 4.89. The van der Waals surface area contributed by atoms with E-state index in [-0.39, 0.29) is 12.1 Å². The molecule has 2 aliphatic rings. The molecular formula is C28H29N7O. The first kappa shape index (κ1) is 21.6. The summed E-state index contributed by atoms with van der Waals surface area (Å²) in [5.74, 6) is 1.99. The third-order valence-corrected chi connectivity index (χ3v) is 7.77. The Balaban J connectivity index is 1.43. The van der Waals surface area contributed by atoms with Gasteiger partial charge in [0.1, 0.15) is 11.5 Å². The Bertz CT molecular complexity index is 1580. The molecule has 182 valence electrons. The number of para-hydroxylation sites is 1. The van der Waals surface area contributed by atoms with E-state index in [4.69, 9.17) is 9.97 Å². The molecule has 8 nitrogen and oxygen atoms in total. The fraction of sp³-hybridized carbons (Fsp3) is 0.357. The standard InChI is InChI=1S/C28H29N7O/c36-18-12-17(8-10-29-13-18)32-28-25-21(16-4-3-5-16)14-30-15-23(25)34-26(35-28)20-9-11-31-27-24(20)19-6-1-2-7-22(19)33-27/h1-2,6-7,9,11,14-18,29,36H,3-5,8,10,12-13H2,(H,31,33)(H,32,34,35)/t17-,18-/m0/s1. The highest BCUT2D eigenvalue weighted by atomic mass is 16.3. The van der Waals surface area contributed by atoms with Crippen molar-refractivity contribution in [1.82, 2.24) is 30.2 Å². The zero-order chi connectivity index (χ0) is 24.1. The summed E-state index contributed by atoms with van der Waals surface area (Å²) in [5, 5.41) is 20.7. The summed E-state index contributed by atoms with van der Waals surface area (Å²) in [6.07, 6.45) is 10.5. The van der Waals surface area contributed by atoms with E-state index in [1.54, 1.807) is 0 Å². The van der Waals surface area contributed by atoms with Gasteiger partial charge in [-0.25, -0.2) is 15.0 Å². The first-order valence-corrected chi connectivity index (χ1v) is 12.9. The largest absolute Gasteiger partial charge is 0.392 e. The van der Waals surface area contributed by atoms with Crippen molar-refractivity contribution >= 4 is 38.7 Å². The first-order chi connectivity index (χ1) is 17.7. The van der Waals surface area contributed by atoms with Crippen LogP contribution in [-0.2, 0) is 0 Å². The monoisotopic (exact) mass is 479 g/mol. The minimum Gasteiger partial charge on any atom is -0.392 e. The number of benzene rings is 1. The van der Waals surface area contributed by atoms with Crippen molar-refractivity contribution in [2.45, 2.75) is 50.2 Å². The van der Waals surface area contributed by atoms with Gasteiger partial charge in [-0.3, -0.25) is 4.98 Å². The van der Waals surface area contributed by atoms with Gasteiger partial charge in [-0.05, 0) is 55.8 Å². The molecule has 4 aromatic heterocycles. The van der Waals surface area contributed by atoms with Crippen LogP contribution in [0.4, 0.5) is 5.82 Å². The molecule has 5 aromatic rings. The molecule has 1 aliphatic heterocycles. The summed E-state index contributed by atoms with van der Waals surface area (Å²) in [6, 6.07) is 10.4. The number of aliphatic hydroxyl groups excluding tert-OH is 1. The Labute approximate surface area is 208 Å². The van der Waals surface area contributed by atoms with E-state index in [2.05, 4.69) is 37.7 Å². The maximum atomic E-state index is 10.4. The zero-order valence-electron chi connectivity index (χ0n) is 20.0. The highest BCUT2D eigenvalue weighted by Gasteiger charge is 2.26. The summed E-state index contributed by atoms with van der Waals surface area (Å²) in [4.78, 5) is 22.8. The van der Waals surface area contributed by atoms with Crippen LogP contribution in [0.2, 0.25) is 0 Å². The summed E-state index contributed by atoms with van der Waals surface area (Å²) >= 11 is 0.